The van der Waals surface area contributed by atoms with E-state index in [9.17, 15) is 0 Å². The molecule has 0 spiro atoms. The lowest BCUT2D eigenvalue weighted by Gasteiger charge is -2.25. The third kappa shape index (κ3) is 2.89. The molecule has 4 heteroatoms. The molecule has 0 fully saturated rings. The minimum absolute atomic E-state index is 0.292. The Morgan fingerprint density at radius 3 is 2.60 bits per heavy atom. The van der Waals surface area contributed by atoms with Crippen molar-refractivity contribution in [2.75, 3.05) is 18.5 Å². The minimum Gasteiger partial charge on any atom is -0.356 e. The van der Waals surface area contributed by atoms with Gasteiger partial charge in [-0.15, -0.1) is 0 Å². The van der Waals surface area contributed by atoms with Gasteiger partial charge >= 0.3 is 0 Å². The molecule has 0 bridgehead atoms. The van der Waals surface area contributed by atoms with Crippen LogP contribution in [0.3, 0.4) is 0 Å². The number of likely N-dealkylation sites (N-methyl/N-ethyl adjacent to an activating group) is 1. The first-order valence-corrected chi connectivity index (χ1v) is 5.32. The lowest BCUT2D eigenvalue weighted by Crippen LogP contribution is -2.35. The fourth-order valence-corrected chi connectivity index (χ4v) is 1.22. The maximum atomic E-state index is 5.62. The molecule has 0 aromatic carbocycles. The van der Waals surface area contributed by atoms with Crippen molar-refractivity contribution < 1.29 is 0 Å². The van der Waals surface area contributed by atoms with Gasteiger partial charge in [-0.3, -0.25) is 0 Å². The fraction of sp³-hybridized carbons (Fsp3) is 0.636. The SMILES string of the molecule is CC(C)c1nccc(N(C)C(C)CN)n1. The highest BCUT2D eigenvalue weighted by Crippen LogP contribution is 2.14. The molecule has 1 atom stereocenters. The van der Waals surface area contributed by atoms with Crippen LogP contribution in [0.15, 0.2) is 12.3 Å². The Kier molecular flexibility index (Phi) is 4.03. The van der Waals surface area contributed by atoms with E-state index in [1.54, 1.807) is 6.20 Å². The van der Waals surface area contributed by atoms with E-state index in [1.165, 1.54) is 0 Å². The Hall–Kier alpha value is -1.16. The van der Waals surface area contributed by atoms with Crippen molar-refractivity contribution in [2.24, 2.45) is 5.73 Å². The van der Waals surface area contributed by atoms with E-state index in [4.69, 9.17) is 5.73 Å². The largest absolute Gasteiger partial charge is 0.356 e. The van der Waals surface area contributed by atoms with Gasteiger partial charge in [0.2, 0.25) is 0 Å². The summed E-state index contributed by atoms with van der Waals surface area (Å²) in [5.74, 6) is 2.17. The zero-order valence-corrected chi connectivity index (χ0v) is 9.94. The van der Waals surface area contributed by atoms with Crippen LogP contribution in [0.5, 0.6) is 0 Å². The van der Waals surface area contributed by atoms with Crippen molar-refractivity contribution in [3.05, 3.63) is 18.1 Å². The lowest BCUT2D eigenvalue weighted by molar-refractivity contribution is 0.677. The van der Waals surface area contributed by atoms with Gasteiger partial charge in [0.1, 0.15) is 11.6 Å². The summed E-state index contributed by atoms with van der Waals surface area (Å²) in [5, 5.41) is 0. The first-order chi connectivity index (χ1) is 7.06. The summed E-state index contributed by atoms with van der Waals surface area (Å²) in [6.45, 7) is 6.88. The Balaban J connectivity index is 2.90. The smallest absolute Gasteiger partial charge is 0.133 e. The molecule has 4 nitrogen and oxygen atoms in total. The summed E-state index contributed by atoms with van der Waals surface area (Å²) in [4.78, 5) is 10.8. The second-order valence-corrected chi connectivity index (χ2v) is 4.12. The third-order valence-corrected chi connectivity index (χ3v) is 2.54. The molecule has 0 aliphatic rings. The zero-order valence-electron chi connectivity index (χ0n) is 9.94. The second kappa shape index (κ2) is 5.07. The number of rotatable bonds is 4. The van der Waals surface area contributed by atoms with Crippen LogP contribution in [0.4, 0.5) is 5.82 Å². The van der Waals surface area contributed by atoms with Gasteiger partial charge in [-0.2, -0.15) is 0 Å². The number of hydrogen-bond acceptors (Lipinski definition) is 4. The van der Waals surface area contributed by atoms with Crippen molar-refractivity contribution in [1.82, 2.24) is 9.97 Å². The van der Waals surface area contributed by atoms with Gasteiger partial charge in [-0.25, -0.2) is 9.97 Å². The van der Waals surface area contributed by atoms with E-state index in [-0.39, 0.29) is 0 Å². The molecule has 1 unspecified atom stereocenters. The maximum Gasteiger partial charge on any atom is 0.133 e. The zero-order chi connectivity index (χ0) is 11.4. The first kappa shape index (κ1) is 11.9. The summed E-state index contributed by atoms with van der Waals surface area (Å²) < 4.78 is 0. The third-order valence-electron chi connectivity index (χ3n) is 2.54. The van der Waals surface area contributed by atoms with Gasteiger partial charge in [0, 0.05) is 31.7 Å². The second-order valence-electron chi connectivity index (χ2n) is 4.12. The van der Waals surface area contributed by atoms with E-state index < -0.39 is 0 Å². The normalized spacial score (nSPS) is 12.9. The number of aromatic nitrogens is 2. The van der Waals surface area contributed by atoms with Gasteiger partial charge in [0.05, 0.1) is 0 Å². The van der Waals surface area contributed by atoms with E-state index >= 15 is 0 Å². The minimum atomic E-state index is 0.292. The van der Waals surface area contributed by atoms with Crippen LogP contribution in [-0.4, -0.2) is 29.6 Å². The topological polar surface area (TPSA) is 55.0 Å². The molecular weight excluding hydrogens is 188 g/mol. The maximum absolute atomic E-state index is 5.62. The van der Waals surface area contributed by atoms with Gasteiger partial charge < -0.3 is 10.6 Å². The molecule has 0 saturated heterocycles. The molecule has 0 amide bonds. The molecule has 15 heavy (non-hydrogen) atoms. The van der Waals surface area contributed by atoms with Crippen LogP contribution in [0, 0.1) is 0 Å². The predicted molar refractivity (Wildman–Crippen MR) is 63.0 cm³/mol. The quantitative estimate of drug-likeness (QED) is 0.812. The summed E-state index contributed by atoms with van der Waals surface area (Å²) in [6, 6.07) is 2.21. The van der Waals surface area contributed by atoms with E-state index in [0.29, 0.717) is 18.5 Å². The highest BCUT2D eigenvalue weighted by Gasteiger charge is 2.11. The average molecular weight is 208 g/mol. The summed E-state index contributed by atoms with van der Waals surface area (Å²) in [5.41, 5.74) is 5.62. The Morgan fingerprint density at radius 1 is 1.40 bits per heavy atom. The molecule has 0 aliphatic heterocycles. The Morgan fingerprint density at radius 2 is 2.07 bits per heavy atom. The van der Waals surface area contributed by atoms with E-state index in [1.807, 2.05) is 13.1 Å². The van der Waals surface area contributed by atoms with Gasteiger partial charge in [0.15, 0.2) is 0 Å². The summed E-state index contributed by atoms with van der Waals surface area (Å²) in [6.07, 6.45) is 1.80. The molecule has 1 heterocycles. The van der Waals surface area contributed by atoms with Crippen LogP contribution < -0.4 is 10.6 Å². The molecule has 84 valence electrons. The number of anilines is 1. The molecule has 2 N–H and O–H groups in total. The molecule has 0 radical (unpaired) electrons. The molecule has 0 saturated carbocycles. The Bertz CT molecular complexity index is 311. The van der Waals surface area contributed by atoms with Gasteiger partial charge in [-0.1, -0.05) is 13.8 Å². The number of nitrogens with zero attached hydrogens (tertiary/aromatic N) is 3. The summed E-state index contributed by atoms with van der Waals surface area (Å²) >= 11 is 0. The van der Waals surface area contributed by atoms with Crippen LogP contribution in [0.1, 0.15) is 32.5 Å². The standard InChI is InChI=1S/C11H20N4/c1-8(2)11-13-6-5-10(14-11)15(4)9(3)7-12/h5-6,8-9H,7,12H2,1-4H3. The number of hydrogen-bond donors (Lipinski definition) is 1. The van der Waals surface area contributed by atoms with Crippen molar-refractivity contribution >= 4 is 5.82 Å². The van der Waals surface area contributed by atoms with Crippen molar-refractivity contribution in [3.63, 3.8) is 0 Å². The molecule has 1 rings (SSSR count). The predicted octanol–water partition coefficient (Wildman–Crippen LogP) is 1.38. The first-order valence-electron chi connectivity index (χ1n) is 5.32. The van der Waals surface area contributed by atoms with E-state index in [2.05, 4.69) is 35.6 Å². The average Bonchev–Trinajstić information content (AvgIpc) is 2.27. The van der Waals surface area contributed by atoms with Crippen LogP contribution in [0.25, 0.3) is 0 Å². The summed E-state index contributed by atoms with van der Waals surface area (Å²) in [7, 11) is 2.00. The molecule has 0 aliphatic carbocycles. The number of nitrogens with two attached hydrogens (primary N) is 1. The van der Waals surface area contributed by atoms with Crippen molar-refractivity contribution in [3.8, 4) is 0 Å². The fourth-order valence-electron chi connectivity index (χ4n) is 1.22. The molecule has 1 aromatic rings. The highest BCUT2D eigenvalue weighted by atomic mass is 15.2. The molecule has 1 aromatic heterocycles. The van der Waals surface area contributed by atoms with Crippen LogP contribution in [-0.2, 0) is 0 Å². The monoisotopic (exact) mass is 208 g/mol. The molecular formula is C11H20N4. The van der Waals surface area contributed by atoms with Crippen molar-refractivity contribution in [2.45, 2.75) is 32.7 Å². The lowest BCUT2D eigenvalue weighted by atomic mass is 10.2. The van der Waals surface area contributed by atoms with Crippen LogP contribution >= 0.6 is 0 Å². The van der Waals surface area contributed by atoms with Gasteiger partial charge in [0.25, 0.3) is 0 Å². The Labute approximate surface area is 91.5 Å². The van der Waals surface area contributed by atoms with Crippen molar-refractivity contribution in [1.29, 1.82) is 0 Å². The highest BCUT2D eigenvalue weighted by molar-refractivity contribution is 5.37. The van der Waals surface area contributed by atoms with Crippen LogP contribution in [0.2, 0.25) is 0 Å². The van der Waals surface area contributed by atoms with Gasteiger partial charge in [-0.05, 0) is 13.0 Å². The van der Waals surface area contributed by atoms with E-state index in [0.717, 1.165) is 11.6 Å².